The molecule has 1 aromatic rings. The Labute approximate surface area is 93.2 Å². The smallest absolute Gasteiger partial charge is 0.319 e. The van der Waals surface area contributed by atoms with Crippen LogP contribution in [0.2, 0.25) is 0 Å². The van der Waals surface area contributed by atoms with Gasteiger partial charge in [0.2, 0.25) is 5.91 Å². The molecule has 84 valence electrons. The summed E-state index contributed by atoms with van der Waals surface area (Å²) < 4.78 is 0. The van der Waals surface area contributed by atoms with Crippen molar-refractivity contribution in [2.75, 3.05) is 11.9 Å². The minimum Gasteiger partial charge on any atom is -0.354 e. The van der Waals surface area contributed by atoms with Gasteiger partial charge in [-0.3, -0.25) is 4.79 Å². The molecule has 0 spiro atoms. The molecule has 1 fully saturated rings. The van der Waals surface area contributed by atoms with Crippen LogP contribution in [-0.2, 0) is 4.79 Å². The molecule has 0 saturated carbocycles. The molecule has 1 atom stereocenters. The number of rotatable bonds is 2. The van der Waals surface area contributed by atoms with Crippen LogP contribution in [0, 0.1) is 0 Å². The van der Waals surface area contributed by atoms with Crippen LogP contribution < -0.4 is 16.0 Å². The lowest BCUT2D eigenvalue weighted by Crippen LogP contribution is -2.39. The zero-order valence-corrected chi connectivity index (χ0v) is 8.69. The molecule has 3 N–H and O–H groups in total. The maximum absolute atomic E-state index is 11.5. The van der Waals surface area contributed by atoms with Gasteiger partial charge in [0, 0.05) is 18.7 Å². The second kappa shape index (κ2) is 4.65. The number of hydrogen-bond donors (Lipinski definition) is 3. The predicted molar refractivity (Wildman–Crippen MR) is 60.0 cm³/mol. The minimum atomic E-state index is -0.285. The monoisotopic (exact) mass is 219 g/mol. The third-order valence-corrected chi connectivity index (χ3v) is 2.34. The number of benzene rings is 1. The van der Waals surface area contributed by atoms with Crippen LogP contribution in [0.4, 0.5) is 10.5 Å². The summed E-state index contributed by atoms with van der Waals surface area (Å²) in [6, 6.07) is 8.77. The van der Waals surface area contributed by atoms with Gasteiger partial charge in [0.15, 0.2) is 0 Å². The summed E-state index contributed by atoms with van der Waals surface area (Å²) in [5.41, 5.74) is 0.734. The van der Waals surface area contributed by atoms with Gasteiger partial charge in [-0.25, -0.2) is 4.79 Å². The zero-order chi connectivity index (χ0) is 11.4. The first-order chi connectivity index (χ1) is 7.74. The molecule has 0 aromatic heterocycles. The van der Waals surface area contributed by atoms with Crippen LogP contribution in [0.1, 0.15) is 6.42 Å². The molecule has 1 aliphatic rings. The summed E-state index contributed by atoms with van der Waals surface area (Å²) in [6.45, 7) is 0.501. The molecule has 0 aliphatic carbocycles. The van der Waals surface area contributed by atoms with Crippen LogP contribution >= 0.6 is 0 Å². The third-order valence-electron chi connectivity index (χ3n) is 2.34. The van der Waals surface area contributed by atoms with E-state index >= 15 is 0 Å². The van der Waals surface area contributed by atoms with E-state index in [4.69, 9.17) is 0 Å². The molecule has 1 heterocycles. The molecule has 0 radical (unpaired) electrons. The van der Waals surface area contributed by atoms with Gasteiger partial charge in [-0.2, -0.15) is 0 Å². The van der Waals surface area contributed by atoms with Crippen molar-refractivity contribution in [2.45, 2.75) is 12.5 Å². The molecule has 0 unspecified atom stereocenters. The summed E-state index contributed by atoms with van der Waals surface area (Å²) in [6.07, 6.45) is 0.349. The second-order valence-corrected chi connectivity index (χ2v) is 3.67. The van der Waals surface area contributed by atoms with Crippen LogP contribution in [-0.4, -0.2) is 24.5 Å². The topological polar surface area (TPSA) is 70.2 Å². The largest absolute Gasteiger partial charge is 0.354 e. The minimum absolute atomic E-state index is 0.0231. The van der Waals surface area contributed by atoms with Gasteiger partial charge in [-0.1, -0.05) is 18.2 Å². The Bertz CT molecular complexity index is 391. The highest BCUT2D eigenvalue weighted by atomic mass is 16.2. The molecule has 1 aliphatic heterocycles. The van der Waals surface area contributed by atoms with Crippen molar-refractivity contribution in [3.8, 4) is 0 Å². The van der Waals surface area contributed by atoms with E-state index < -0.39 is 0 Å². The molecule has 3 amide bonds. The number of urea groups is 1. The number of para-hydroxylation sites is 1. The average molecular weight is 219 g/mol. The lowest BCUT2D eigenvalue weighted by Gasteiger charge is -2.11. The molecular weight excluding hydrogens is 206 g/mol. The van der Waals surface area contributed by atoms with Crippen molar-refractivity contribution in [1.29, 1.82) is 0 Å². The van der Waals surface area contributed by atoms with Gasteiger partial charge in [0.05, 0.1) is 6.04 Å². The first-order valence-corrected chi connectivity index (χ1v) is 5.13. The zero-order valence-electron chi connectivity index (χ0n) is 8.69. The lowest BCUT2D eigenvalue weighted by atomic mass is 10.2. The molecule has 1 saturated heterocycles. The van der Waals surface area contributed by atoms with E-state index in [-0.39, 0.29) is 18.0 Å². The second-order valence-electron chi connectivity index (χ2n) is 3.67. The fourth-order valence-electron chi connectivity index (χ4n) is 1.58. The number of nitrogens with one attached hydrogen (secondary N) is 3. The van der Waals surface area contributed by atoms with Gasteiger partial charge in [0.25, 0.3) is 0 Å². The molecular formula is C11H13N3O2. The molecule has 2 rings (SSSR count). The SMILES string of the molecule is O=C1C[C@H](NC(=O)Nc2ccccc2)CN1. The van der Waals surface area contributed by atoms with Crippen LogP contribution in [0.15, 0.2) is 30.3 Å². The van der Waals surface area contributed by atoms with Crippen molar-refractivity contribution >= 4 is 17.6 Å². The number of amides is 3. The highest BCUT2D eigenvalue weighted by molar-refractivity contribution is 5.90. The van der Waals surface area contributed by atoms with Crippen LogP contribution in [0.25, 0.3) is 0 Å². The standard InChI is InChI=1S/C11H13N3O2/c15-10-6-9(7-12-10)14-11(16)13-8-4-2-1-3-5-8/h1-5,9H,6-7H2,(H,12,15)(H2,13,14,16)/t9-/m0/s1. The first kappa shape index (κ1) is 10.5. The van der Waals surface area contributed by atoms with Crippen molar-refractivity contribution < 1.29 is 9.59 Å². The van der Waals surface area contributed by atoms with Crippen molar-refractivity contribution in [1.82, 2.24) is 10.6 Å². The average Bonchev–Trinajstić information content (AvgIpc) is 2.65. The van der Waals surface area contributed by atoms with E-state index in [0.29, 0.717) is 13.0 Å². The van der Waals surface area contributed by atoms with Gasteiger partial charge in [-0.05, 0) is 12.1 Å². The van der Waals surface area contributed by atoms with Crippen molar-refractivity contribution in [3.05, 3.63) is 30.3 Å². The van der Waals surface area contributed by atoms with Gasteiger partial charge >= 0.3 is 6.03 Å². The van der Waals surface area contributed by atoms with E-state index in [0.717, 1.165) is 5.69 Å². The molecule has 5 heteroatoms. The van der Waals surface area contributed by atoms with E-state index in [1.807, 2.05) is 18.2 Å². The molecule has 1 aromatic carbocycles. The summed E-state index contributed by atoms with van der Waals surface area (Å²) >= 11 is 0. The number of anilines is 1. The van der Waals surface area contributed by atoms with Gasteiger partial charge in [-0.15, -0.1) is 0 Å². The Balaban J connectivity index is 1.83. The van der Waals surface area contributed by atoms with E-state index in [1.54, 1.807) is 12.1 Å². The Morgan fingerprint density at radius 2 is 2.06 bits per heavy atom. The molecule has 0 bridgehead atoms. The van der Waals surface area contributed by atoms with Crippen molar-refractivity contribution in [2.24, 2.45) is 0 Å². The normalized spacial score (nSPS) is 19.0. The summed E-state index contributed by atoms with van der Waals surface area (Å²) in [4.78, 5) is 22.4. The Morgan fingerprint density at radius 1 is 1.31 bits per heavy atom. The number of carbonyl (C=O) groups is 2. The fourth-order valence-corrected chi connectivity index (χ4v) is 1.58. The number of carbonyl (C=O) groups excluding carboxylic acids is 2. The third kappa shape index (κ3) is 2.73. The first-order valence-electron chi connectivity index (χ1n) is 5.13. The lowest BCUT2D eigenvalue weighted by molar-refractivity contribution is -0.119. The van der Waals surface area contributed by atoms with Crippen LogP contribution in [0.5, 0.6) is 0 Å². The maximum atomic E-state index is 11.5. The Morgan fingerprint density at radius 3 is 2.69 bits per heavy atom. The molecule has 5 nitrogen and oxygen atoms in total. The highest BCUT2D eigenvalue weighted by Crippen LogP contribution is 2.05. The fraction of sp³-hybridized carbons (Fsp3) is 0.273. The highest BCUT2D eigenvalue weighted by Gasteiger charge is 2.22. The van der Waals surface area contributed by atoms with E-state index in [9.17, 15) is 9.59 Å². The van der Waals surface area contributed by atoms with E-state index in [1.165, 1.54) is 0 Å². The summed E-state index contributed by atoms with van der Waals surface area (Å²) in [5.74, 6) is -0.0231. The molecule has 16 heavy (non-hydrogen) atoms. The predicted octanol–water partition coefficient (Wildman–Crippen LogP) is 0.697. The van der Waals surface area contributed by atoms with E-state index in [2.05, 4.69) is 16.0 Å². The Kier molecular flexibility index (Phi) is 3.05. The number of hydrogen-bond acceptors (Lipinski definition) is 2. The van der Waals surface area contributed by atoms with Gasteiger partial charge in [0.1, 0.15) is 0 Å². The van der Waals surface area contributed by atoms with Crippen molar-refractivity contribution in [3.63, 3.8) is 0 Å². The van der Waals surface area contributed by atoms with Crippen LogP contribution in [0.3, 0.4) is 0 Å². The maximum Gasteiger partial charge on any atom is 0.319 e. The quantitative estimate of drug-likeness (QED) is 0.685. The van der Waals surface area contributed by atoms with Gasteiger partial charge < -0.3 is 16.0 Å². The summed E-state index contributed by atoms with van der Waals surface area (Å²) in [7, 11) is 0. The summed E-state index contributed by atoms with van der Waals surface area (Å²) in [5, 5.41) is 8.08. The Hall–Kier alpha value is -2.04.